The quantitative estimate of drug-likeness (QED) is 0.790. The van der Waals surface area contributed by atoms with Crippen LogP contribution in [0.4, 0.5) is 0 Å². The van der Waals surface area contributed by atoms with Gasteiger partial charge in [0.1, 0.15) is 5.65 Å². The van der Waals surface area contributed by atoms with E-state index in [1.807, 2.05) is 12.3 Å². The normalized spacial score (nSPS) is 11.5. The first-order valence-electron chi connectivity index (χ1n) is 7.38. The van der Waals surface area contributed by atoms with Crippen molar-refractivity contribution < 1.29 is 0 Å². The van der Waals surface area contributed by atoms with E-state index in [0.717, 1.165) is 28.2 Å². The van der Waals surface area contributed by atoms with E-state index in [2.05, 4.69) is 55.5 Å². The smallest absolute Gasteiger partial charge is 0.140 e. The molecule has 0 aliphatic rings. The van der Waals surface area contributed by atoms with Gasteiger partial charge in [0.05, 0.1) is 11.4 Å². The number of pyridine rings is 1. The zero-order chi connectivity index (χ0) is 15.0. The van der Waals surface area contributed by atoms with Crippen LogP contribution >= 0.6 is 0 Å². The van der Waals surface area contributed by atoms with Crippen LogP contribution in [0, 0.1) is 6.92 Å². The third-order valence-corrected chi connectivity index (χ3v) is 3.99. The summed E-state index contributed by atoms with van der Waals surface area (Å²) in [4.78, 5) is 4.81. The Hall–Kier alpha value is -2.13. The van der Waals surface area contributed by atoms with Crippen LogP contribution in [0.2, 0.25) is 0 Å². The second-order valence-corrected chi connectivity index (χ2v) is 5.77. The molecule has 21 heavy (non-hydrogen) atoms. The topological polar surface area (TPSA) is 43.3 Å². The first kappa shape index (κ1) is 13.8. The van der Waals surface area contributed by atoms with E-state index in [0.29, 0.717) is 12.5 Å². The van der Waals surface area contributed by atoms with E-state index >= 15 is 0 Å². The minimum absolute atomic E-state index is 0.478. The number of nitrogens with zero attached hydrogens (tertiary/aromatic N) is 2. The number of rotatable bonds is 3. The highest BCUT2D eigenvalue weighted by Crippen LogP contribution is 2.27. The molecule has 0 saturated carbocycles. The Labute approximate surface area is 125 Å². The molecule has 0 spiro atoms. The molecule has 0 amide bonds. The number of aromatic nitrogens is 2. The lowest BCUT2D eigenvalue weighted by molar-refractivity contribution is 0.867. The van der Waals surface area contributed by atoms with Gasteiger partial charge in [-0.25, -0.2) is 4.98 Å². The highest BCUT2D eigenvalue weighted by molar-refractivity contribution is 5.68. The molecule has 2 N–H and O–H groups in total. The maximum absolute atomic E-state index is 5.97. The first-order chi connectivity index (χ1) is 10.1. The van der Waals surface area contributed by atoms with E-state index < -0.39 is 0 Å². The van der Waals surface area contributed by atoms with Crippen LogP contribution in [0.1, 0.15) is 36.6 Å². The minimum Gasteiger partial charge on any atom is -0.325 e. The Bertz CT molecular complexity index is 767. The summed E-state index contributed by atoms with van der Waals surface area (Å²) in [5, 5.41) is 0. The molecule has 0 aliphatic carbocycles. The fourth-order valence-electron chi connectivity index (χ4n) is 2.71. The summed E-state index contributed by atoms with van der Waals surface area (Å²) < 4.78 is 2.10. The summed E-state index contributed by atoms with van der Waals surface area (Å²) >= 11 is 0. The number of nitrogens with two attached hydrogens (primary N) is 1. The van der Waals surface area contributed by atoms with Crippen molar-refractivity contribution in [3.05, 3.63) is 59.4 Å². The van der Waals surface area contributed by atoms with Gasteiger partial charge in [-0.15, -0.1) is 0 Å². The van der Waals surface area contributed by atoms with Crippen LogP contribution in [0.3, 0.4) is 0 Å². The fraction of sp³-hybridized carbons (Fsp3) is 0.278. The lowest BCUT2D eigenvalue weighted by Gasteiger charge is -2.07. The van der Waals surface area contributed by atoms with Crippen LogP contribution < -0.4 is 5.73 Å². The van der Waals surface area contributed by atoms with Gasteiger partial charge in [-0.1, -0.05) is 44.2 Å². The third-order valence-electron chi connectivity index (χ3n) is 3.99. The predicted octanol–water partition coefficient (Wildman–Crippen LogP) is 3.89. The van der Waals surface area contributed by atoms with Gasteiger partial charge in [-0.3, -0.25) is 0 Å². The molecule has 2 aromatic heterocycles. The van der Waals surface area contributed by atoms with Gasteiger partial charge in [0.25, 0.3) is 0 Å². The molecule has 1 aromatic carbocycles. The standard InChI is InChI=1S/C18H21N3/c1-12(2)14-6-8-15(9-7-14)17-16(11-19)21-10-4-5-13(3)18(21)20-17/h4-10,12H,11,19H2,1-3H3. The van der Waals surface area contributed by atoms with E-state index in [9.17, 15) is 0 Å². The minimum atomic E-state index is 0.478. The number of aryl methyl sites for hydroxylation is 1. The van der Waals surface area contributed by atoms with E-state index in [-0.39, 0.29) is 0 Å². The zero-order valence-corrected chi connectivity index (χ0v) is 12.8. The Kier molecular flexibility index (Phi) is 3.52. The van der Waals surface area contributed by atoms with Crippen LogP contribution in [-0.4, -0.2) is 9.38 Å². The summed E-state index contributed by atoms with van der Waals surface area (Å²) in [5.41, 5.74) is 12.6. The SMILES string of the molecule is Cc1cccn2c(CN)c(-c3ccc(C(C)C)cc3)nc12. The molecule has 3 rings (SSSR count). The van der Waals surface area contributed by atoms with Gasteiger partial charge in [0, 0.05) is 18.3 Å². The van der Waals surface area contributed by atoms with Crippen LogP contribution in [0.15, 0.2) is 42.6 Å². The summed E-state index contributed by atoms with van der Waals surface area (Å²) in [7, 11) is 0. The lowest BCUT2D eigenvalue weighted by Crippen LogP contribution is -2.02. The number of hydrogen-bond acceptors (Lipinski definition) is 2. The third kappa shape index (κ3) is 2.34. The second-order valence-electron chi connectivity index (χ2n) is 5.77. The number of hydrogen-bond donors (Lipinski definition) is 1. The van der Waals surface area contributed by atoms with Gasteiger partial charge in [-0.05, 0) is 30.0 Å². The van der Waals surface area contributed by atoms with Crippen molar-refractivity contribution in [2.24, 2.45) is 5.73 Å². The summed E-state index contributed by atoms with van der Waals surface area (Å²) in [6, 6.07) is 12.8. The Balaban J connectivity index is 2.17. The zero-order valence-electron chi connectivity index (χ0n) is 12.8. The fourth-order valence-corrected chi connectivity index (χ4v) is 2.71. The van der Waals surface area contributed by atoms with E-state index in [1.54, 1.807) is 0 Å². The molecule has 0 bridgehead atoms. The van der Waals surface area contributed by atoms with E-state index in [4.69, 9.17) is 10.7 Å². The lowest BCUT2D eigenvalue weighted by atomic mass is 10.0. The molecule has 0 radical (unpaired) electrons. The molecule has 0 aliphatic heterocycles. The van der Waals surface area contributed by atoms with Crippen molar-refractivity contribution >= 4 is 5.65 Å². The largest absolute Gasteiger partial charge is 0.325 e. The Morgan fingerprint density at radius 2 is 1.86 bits per heavy atom. The van der Waals surface area contributed by atoms with Crippen LogP contribution in [0.25, 0.3) is 16.9 Å². The molecule has 2 heterocycles. The van der Waals surface area contributed by atoms with Crippen molar-refractivity contribution in [1.82, 2.24) is 9.38 Å². The highest BCUT2D eigenvalue weighted by atomic mass is 15.0. The summed E-state index contributed by atoms with van der Waals surface area (Å²) in [5.74, 6) is 0.538. The van der Waals surface area contributed by atoms with E-state index in [1.165, 1.54) is 5.56 Å². The van der Waals surface area contributed by atoms with Gasteiger partial charge in [-0.2, -0.15) is 0 Å². The molecule has 0 atom stereocenters. The number of benzene rings is 1. The summed E-state index contributed by atoms with van der Waals surface area (Å²) in [6.45, 7) is 6.96. The van der Waals surface area contributed by atoms with Crippen molar-refractivity contribution in [2.45, 2.75) is 33.2 Å². The first-order valence-corrected chi connectivity index (χ1v) is 7.38. The molecule has 3 nitrogen and oxygen atoms in total. The van der Waals surface area contributed by atoms with Crippen molar-refractivity contribution in [1.29, 1.82) is 0 Å². The predicted molar refractivity (Wildman–Crippen MR) is 87.3 cm³/mol. The van der Waals surface area contributed by atoms with Gasteiger partial charge < -0.3 is 10.1 Å². The summed E-state index contributed by atoms with van der Waals surface area (Å²) in [6.07, 6.45) is 2.03. The molecule has 0 saturated heterocycles. The van der Waals surface area contributed by atoms with Crippen molar-refractivity contribution in [3.63, 3.8) is 0 Å². The molecule has 3 heteroatoms. The number of fused-ring (bicyclic) bond motifs is 1. The monoisotopic (exact) mass is 279 g/mol. The maximum atomic E-state index is 5.97. The average molecular weight is 279 g/mol. The van der Waals surface area contributed by atoms with Crippen molar-refractivity contribution in [2.75, 3.05) is 0 Å². The van der Waals surface area contributed by atoms with Crippen LogP contribution in [0.5, 0.6) is 0 Å². The number of imidazole rings is 1. The Morgan fingerprint density at radius 3 is 2.48 bits per heavy atom. The Morgan fingerprint density at radius 1 is 1.14 bits per heavy atom. The second kappa shape index (κ2) is 5.34. The van der Waals surface area contributed by atoms with Gasteiger partial charge >= 0.3 is 0 Å². The highest BCUT2D eigenvalue weighted by Gasteiger charge is 2.14. The molecular weight excluding hydrogens is 258 g/mol. The van der Waals surface area contributed by atoms with Gasteiger partial charge in [0.15, 0.2) is 0 Å². The molecule has 0 fully saturated rings. The molecule has 108 valence electrons. The van der Waals surface area contributed by atoms with Gasteiger partial charge in [0.2, 0.25) is 0 Å². The van der Waals surface area contributed by atoms with Crippen LogP contribution in [-0.2, 0) is 6.54 Å². The molecule has 3 aromatic rings. The average Bonchev–Trinajstić information content (AvgIpc) is 2.87. The maximum Gasteiger partial charge on any atom is 0.140 e. The molecular formula is C18H21N3. The van der Waals surface area contributed by atoms with Crippen molar-refractivity contribution in [3.8, 4) is 11.3 Å². The molecule has 0 unspecified atom stereocenters.